The monoisotopic (exact) mass is 371 g/mol. The lowest BCUT2D eigenvalue weighted by molar-refractivity contribution is 0.109. The van der Waals surface area contributed by atoms with Gasteiger partial charge in [-0.05, 0) is 45.6 Å². The van der Waals surface area contributed by atoms with E-state index >= 15 is 0 Å². The highest BCUT2D eigenvalue weighted by molar-refractivity contribution is 5.48. The Morgan fingerprint density at radius 1 is 1.15 bits per heavy atom. The summed E-state index contributed by atoms with van der Waals surface area (Å²) in [6, 6.07) is 5.42. The topological polar surface area (TPSA) is 52.8 Å². The van der Waals surface area contributed by atoms with Crippen molar-refractivity contribution in [1.29, 1.82) is 0 Å². The highest BCUT2D eigenvalue weighted by Crippen LogP contribution is 2.25. The summed E-state index contributed by atoms with van der Waals surface area (Å²) in [6.45, 7) is 10.9. The van der Waals surface area contributed by atoms with Gasteiger partial charge >= 0.3 is 0 Å². The van der Waals surface area contributed by atoms with Crippen molar-refractivity contribution < 1.29 is 0 Å². The fourth-order valence-corrected chi connectivity index (χ4v) is 4.19. The van der Waals surface area contributed by atoms with E-state index in [9.17, 15) is 0 Å². The molecular formula is C20H33N7. The number of hydrogen-bond donors (Lipinski definition) is 0. The third-order valence-electron chi connectivity index (χ3n) is 6.15. The molecule has 0 radical (unpaired) electrons. The Kier molecular flexibility index (Phi) is 4.84. The minimum atomic E-state index is -0.0746. The lowest BCUT2D eigenvalue weighted by Crippen LogP contribution is -2.60. The van der Waals surface area contributed by atoms with E-state index < -0.39 is 0 Å². The first-order chi connectivity index (χ1) is 12.8. The quantitative estimate of drug-likeness (QED) is 0.820. The molecule has 0 N–H and O–H groups in total. The highest BCUT2D eigenvalue weighted by atomic mass is 15.4. The second-order valence-electron chi connectivity index (χ2n) is 9.36. The molecule has 0 saturated carbocycles. The highest BCUT2D eigenvalue weighted by Gasteiger charge is 2.33. The van der Waals surface area contributed by atoms with Gasteiger partial charge < -0.3 is 9.80 Å². The summed E-state index contributed by atoms with van der Waals surface area (Å²) < 4.78 is 1.91. The number of anilines is 1. The van der Waals surface area contributed by atoms with Gasteiger partial charge in [0.15, 0.2) is 11.5 Å². The summed E-state index contributed by atoms with van der Waals surface area (Å²) in [6.07, 6.45) is 4.05. The Hall–Kier alpha value is -1.73. The van der Waals surface area contributed by atoms with Crippen molar-refractivity contribution in [2.24, 2.45) is 0 Å². The molecule has 7 nitrogen and oxygen atoms in total. The van der Waals surface area contributed by atoms with E-state index in [0.29, 0.717) is 12.1 Å². The van der Waals surface area contributed by atoms with E-state index in [1.165, 1.54) is 32.4 Å². The zero-order chi connectivity index (χ0) is 19.2. The SMILES string of the molecule is CN1CCCCC1CN(C)C1CN(c2ccc3nnc(C(C)(C)C)n3n2)C1. The van der Waals surface area contributed by atoms with Crippen LogP contribution in [0.1, 0.15) is 45.9 Å². The van der Waals surface area contributed by atoms with Crippen molar-refractivity contribution in [3.05, 3.63) is 18.0 Å². The van der Waals surface area contributed by atoms with Gasteiger partial charge in [-0.25, -0.2) is 0 Å². The minimum Gasteiger partial charge on any atom is -0.352 e. The lowest BCUT2D eigenvalue weighted by Gasteiger charge is -2.46. The fraction of sp³-hybridized carbons (Fsp3) is 0.750. The van der Waals surface area contributed by atoms with Crippen LogP contribution in [0.3, 0.4) is 0 Å². The first-order valence-electron chi connectivity index (χ1n) is 10.2. The second kappa shape index (κ2) is 7.02. The summed E-state index contributed by atoms with van der Waals surface area (Å²) in [5, 5.41) is 13.4. The van der Waals surface area contributed by atoms with Crippen LogP contribution in [0.25, 0.3) is 5.65 Å². The van der Waals surface area contributed by atoms with Gasteiger partial charge in [0.2, 0.25) is 0 Å². The molecule has 0 bridgehead atoms. The van der Waals surface area contributed by atoms with Crippen LogP contribution >= 0.6 is 0 Å². The molecule has 2 aliphatic rings. The van der Waals surface area contributed by atoms with Gasteiger partial charge in [0, 0.05) is 37.1 Å². The van der Waals surface area contributed by atoms with Crippen LogP contribution in [0.5, 0.6) is 0 Å². The molecule has 27 heavy (non-hydrogen) atoms. The van der Waals surface area contributed by atoms with Gasteiger partial charge in [-0.3, -0.25) is 4.90 Å². The number of nitrogens with zero attached hydrogens (tertiary/aromatic N) is 7. The molecule has 4 rings (SSSR count). The van der Waals surface area contributed by atoms with E-state index in [2.05, 4.69) is 65.8 Å². The number of rotatable bonds is 4. The number of likely N-dealkylation sites (N-methyl/N-ethyl adjacent to an activating group) is 2. The third-order valence-corrected chi connectivity index (χ3v) is 6.15. The molecule has 2 aromatic rings. The van der Waals surface area contributed by atoms with Crippen molar-refractivity contribution >= 4 is 11.5 Å². The Morgan fingerprint density at radius 3 is 2.63 bits per heavy atom. The Morgan fingerprint density at radius 2 is 1.93 bits per heavy atom. The average Bonchev–Trinajstić information content (AvgIpc) is 2.99. The molecule has 148 valence electrons. The Labute approximate surface area is 162 Å². The molecule has 0 aliphatic carbocycles. The van der Waals surface area contributed by atoms with E-state index in [-0.39, 0.29) is 5.41 Å². The molecule has 0 amide bonds. The van der Waals surface area contributed by atoms with E-state index in [1.54, 1.807) is 0 Å². The second-order valence-corrected chi connectivity index (χ2v) is 9.36. The normalized spacial score (nSPS) is 22.6. The van der Waals surface area contributed by atoms with Crippen LogP contribution in [-0.2, 0) is 5.41 Å². The van der Waals surface area contributed by atoms with Crippen molar-refractivity contribution in [2.75, 3.05) is 45.2 Å². The summed E-state index contributed by atoms with van der Waals surface area (Å²) in [4.78, 5) is 7.44. The lowest BCUT2D eigenvalue weighted by atomic mass is 9.96. The smallest absolute Gasteiger partial charge is 0.178 e. The molecule has 2 aliphatic heterocycles. The molecule has 0 aromatic carbocycles. The molecule has 1 unspecified atom stereocenters. The Balaban J connectivity index is 1.40. The number of likely N-dealkylation sites (tertiary alicyclic amines) is 1. The fourth-order valence-electron chi connectivity index (χ4n) is 4.19. The van der Waals surface area contributed by atoms with Gasteiger partial charge in [-0.15, -0.1) is 15.3 Å². The predicted octanol–water partition coefficient (Wildman–Crippen LogP) is 2.03. The molecule has 4 heterocycles. The van der Waals surface area contributed by atoms with Crippen LogP contribution in [0.4, 0.5) is 5.82 Å². The average molecular weight is 372 g/mol. The minimum absolute atomic E-state index is 0.0746. The Bertz CT molecular complexity index is 787. The predicted molar refractivity (Wildman–Crippen MR) is 108 cm³/mol. The molecule has 2 saturated heterocycles. The maximum atomic E-state index is 4.84. The number of piperidine rings is 1. The maximum Gasteiger partial charge on any atom is 0.178 e. The zero-order valence-electron chi connectivity index (χ0n) is 17.4. The van der Waals surface area contributed by atoms with Crippen LogP contribution < -0.4 is 4.90 Å². The van der Waals surface area contributed by atoms with Crippen LogP contribution in [0, 0.1) is 0 Å². The van der Waals surface area contributed by atoms with E-state index in [1.807, 2.05) is 10.6 Å². The van der Waals surface area contributed by atoms with Crippen molar-refractivity contribution in [1.82, 2.24) is 29.6 Å². The van der Waals surface area contributed by atoms with Gasteiger partial charge in [-0.2, -0.15) is 4.52 Å². The number of hydrogen-bond acceptors (Lipinski definition) is 6. The third kappa shape index (κ3) is 3.67. The summed E-state index contributed by atoms with van der Waals surface area (Å²) in [5.41, 5.74) is 0.743. The largest absolute Gasteiger partial charge is 0.352 e. The van der Waals surface area contributed by atoms with Crippen molar-refractivity contribution in [3.63, 3.8) is 0 Å². The summed E-state index contributed by atoms with van der Waals surface area (Å²) >= 11 is 0. The first-order valence-corrected chi connectivity index (χ1v) is 10.2. The number of fused-ring (bicyclic) bond motifs is 1. The standard InChI is InChI=1S/C20H33N7/c1-20(2,3)19-22-21-17-9-10-18(23-27(17)19)26-13-16(14-26)25(5)12-15-8-6-7-11-24(15)4/h9-10,15-16H,6-8,11-14H2,1-5H3. The first kappa shape index (κ1) is 18.6. The van der Waals surface area contributed by atoms with Crippen LogP contribution in [-0.4, -0.2) is 82.0 Å². The van der Waals surface area contributed by atoms with Gasteiger partial charge in [-0.1, -0.05) is 27.2 Å². The van der Waals surface area contributed by atoms with Gasteiger partial charge in [0.05, 0.1) is 0 Å². The van der Waals surface area contributed by atoms with Crippen molar-refractivity contribution in [2.45, 2.75) is 57.5 Å². The van der Waals surface area contributed by atoms with E-state index in [0.717, 1.165) is 30.4 Å². The maximum absolute atomic E-state index is 4.84. The molecule has 2 fully saturated rings. The van der Waals surface area contributed by atoms with Crippen LogP contribution in [0.2, 0.25) is 0 Å². The molecule has 2 aromatic heterocycles. The van der Waals surface area contributed by atoms with Crippen molar-refractivity contribution in [3.8, 4) is 0 Å². The molecule has 1 atom stereocenters. The van der Waals surface area contributed by atoms with Crippen LogP contribution in [0.15, 0.2) is 12.1 Å². The number of aromatic nitrogens is 4. The molecular weight excluding hydrogens is 338 g/mol. The van der Waals surface area contributed by atoms with E-state index in [4.69, 9.17) is 5.10 Å². The molecule has 7 heteroatoms. The van der Waals surface area contributed by atoms with Gasteiger partial charge in [0.25, 0.3) is 0 Å². The zero-order valence-corrected chi connectivity index (χ0v) is 17.4. The summed E-state index contributed by atoms with van der Waals surface area (Å²) in [5.74, 6) is 1.93. The van der Waals surface area contributed by atoms with Gasteiger partial charge in [0.1, 0.15) is 5.82 Å². The summed E-state index contributed by atoms with van der Waals surface area (Å²) in [7, 11) is 4.55. The molecule has 0 spiro atoms.